The van der Waals surface area contributed by atoms with Gasteiger partial charge in [0.2, 0.25) is 0 Å². The number of amides is 3. The van der Waals surface area contributed by atoms with Crippen molar-refractivity contribution in [3.8, 4) is 0 Å². The molecule has 0 bridgehead atoms. The van der Waals surface area contributed by atoms with Crippen LogP contribution in [0.2, 0.25) is 5.02 Å². The lowest BCUT2D eigenvalue weighted by Crippen LogP contribution is -2.42. The lowest BCUT2D eigenvalue weighted by atomic mass is 10.2. The van der Waals surface area contributed by atoms with Crippen LogP contribution >= 0.6 is 27.5 Å². The predicted molar refractivity (Wildman–Crippen MR) is 85.8 cm³/mol. The van der Waals surface area contributed by atoms with E-state index >= 15 is 0 Å². The number of hydrogen-bond acceptors (Lipinski definition) is 4. The largest absolute Gasteiger partial charge is 0.452 e. The zero-order valence-electron chi connectivity index (χ0n) is 12.1. The average molecular weight is 392 g/mol. The maximum Gasteiger partial charge on any atom is 0.340 e. The maximum atomic E-state index is 11.8. The molecule has 0 aliphatic rings. The van der Waals surface area contributed by atoms with Crippen LogP contribution in [0.15, 0.2) is 22.7 Å². The topological polar surface area (TPSA) is 84.5 Å². The smallest absolute Gasteiger partial charge is 0.340 e. The number of rotatable bonds is 5. The molecule has 6 nitrogen and oxygen atoms in total. The Kier molecular flexibility index (Phi) is 7.34. The van der Waals surface area contributed by atoms with E-state index in [0.717, 1.165) is 0 Å². The standard InChI is InChI=1S/C14H16BrClN2O4/c1-8(2)6-17-14(21)18-12(19)7-22-13(20)10-5-9(15)3-4-11(10)16/h3-5,8H,6-7H2,1-2H3,(H2,17,18,19,21). The highest BCUT2D eigenvalue weighted by Gasteiger charge is 2.15. The van der Waals surface area contributed by atoms with Gasteiger partial charge in [0.05, 0.1) is 10.6 Å². The van der Waals surface area contributed by atoms with Crippen molar-refractivity contribution < 1.29 is 19.1 Å². The summed E-state index contributed by atoms with van der Waals surface area (Å²) in [7, 11) is 0. The molecule has 0 aromatic heterocycles. The average Bonchev–Trinajstić information content (AvgIpc) is 2.45. The van der Waals surface area contributed by atoms with Crippen LogP contribution in [0.3, 0.4) is 0 Å². The van der Waals surface area contributed by atoms with Gasteiger partial charge in [0.15, 0.2) is 6.61 Å². The number of imide groups is 1. The monoisotopic (exact) mass is 390 g/mol. The Balaban J connectivity index is 2.45. The summed E-state index contributed by atoms with van der Waals surface area (Å²) in [5, 5.41) is 4.78. The Morgan fingerprint density at radius 3 is 2.64 bits per heavy atom. The van der Waals surface area contributed by atoms with Gasteiger partial charge in [-0.05, 0) is 24.1 Å². The Hall–Kier alpha value is -1.60. The van der Waals surface area contributed by atoms with Gasteiger partial charge in [-0.2, -0.15) is 0 Å². The van der Waals surface area contributed by atoms with Gasteiger partial charge in [0, 0.05) is 11.0 Å². The second kappa shape index (κ2) is 8.75. The van der Waals surface area contributed by atoms with Gasteiger partial charge in [-0.15, -0.1) is 0 Å². The van der Waals surface area contributed by atoms with Crippen LogP contribution in [0.5, 0.6) is 0 Å². The molecule has 1 aromatic carbocycles. The summed E-state index contributed by atoms with van der Waals surface area (Å²) in [5.41, 5.74) is 0.133. The molecule has 3 amide bonds. The normalized spacial score (nSPS) is 10.2. The Labute approximate surface area is 141 Å². The molecule has 22 heavy (non-hydrogen) atoms. The van der Waals surface area contributed by atoms with Crippen molar-refractivity contribution in [3.05, 3.63) is 33.3 Å². The molecule has 0 saturated carbocycles. The van der Waals surface area contributed by atoms with Crippen LogP contribution < -0.4 is 10.6 Å². The fourth-order valence-electron chi connectivity index (χ4n) is 1.37. The van der Waals surface area contributed by atoms with Crippen LogP contribution in [-0.4, -0.2) is 31.1 Å². The second-order valence-electron chi connectivity index (χ2n) is 4.85. The summed E-state index contributed by atoms with van der Waals surface area (Å²) in [6, 6.07) is 4.06. The lowest BCUT2D eigenvalue weighted by Gasteiger charge is -2.09. The minimum Gasteiger partial charge on any atom is -0.452 e. The number of halogens is 2. The highest BCUT2D eigenvalue weighted by molar-refractivity contribution is 9.10. The first kappa shape index (κ1) is 18.4. The van der Waals surface area contributed by atoms with Crippen molar-refractivity contribution in [2.75, 3.05) is 13.2 Å². The first-order chi connectivity index (χ1) is 10.3. The minimum atomic E-state index is -0.746. The molecule has 1 rings (SSSR count). The highest BCUT2D eigenvalue weighted by atomic mass is 79.9. The van der Waals surface area contributed by atoms with Gasteiger partial charge in [-0.1, -0.05) is 41.4 Å². The van der Waals surface area contributed by atoms with Crippen LogP contribution in [0.25, 0.3) is 0 Å². The Bertz CT molecular complexity index is 578. The summed E-state index contributed by atoms with van der Waals surface area (Å²) in [4.78, 5) is 34.7. The fraction of sp³-hybridized carbons (Fsp3) is 0.357. The van der Waals surface area contributed by atoms with E-state index in [0.29, 0.717) is 11.0 Å². The fourth-order valence-corrected chi connectivity index (χ4v) is 1.92. The number of ether oxygens (including phenoxy) is 1. The van der Waals surface area contributed by atoms with Crippen molar-refractivity contribution in [2.24, 2.45) is 5.92 Å². The van der Waals surface area contributed by atoms with E-state index in [1.807, 2.05) is 13.8 Å². The van der Waals surface area contributed by atoms with E-state index in [1.165, 1.54) is 12.1 Å². The van der Waals surface area contributed by atoms with Crippen molar-refractivity contribution >= 4 is 45.4 Å². The Morgan fingerprint density at radius 1 is 1.32 bits per heavy atom. The van der Waals surface area contributed by atoms with Crippen molar-refractivity contribution in [1.82, 2.24) is 10.6 Å². The SMILES string of the molecule is CC(C)CNC(=O)NC(=O)COC(=O)c1cc(Br)ccc1Cl. The van der Waals surface area contributed by atoms with Crippen LogP contribution in [0.1, 0.15) is 24.2 Å². The summed E-state index contributed by atoms with van der Waals surface area (Å²) in [6.45, 7) is 3.71. The lowest BCUT2D eigenvalue weighted by molar-refractivity contribution is -0.123. The molecule has 0 atom stereocenters. The second-order valence-corrected chi connectivity index (χ2v) is 6.18. The van der Waals surface area contributed by atoms with Gasteiger partial charge in [0.1, 0.15) is 0 Å². The predicted octanol–water partition coefficient (Wildman–Crippen LogP) is 2.74. The minimum absolute atomic E-state index is 0.133. The molecule has 0 spiro atoms. The van der Waals surface area contributed by atoms with E-state index in [9.17, 15) is 14.4 Å². The van der Waals surface area contributed by atoms with Gasteiger partial charge in [0.25, 0.3) is 5.91 Å². The molecular weight excluding hydrogens is 376 g/mol. The van der Waals surface area contributed by atoms with Crippen LogP contribution in [-0.2, 0) is 9.53 Å². The van der Waals surface area contributed by atoms with E-state index in [4.69, 9.17) is 16.3 Å². The highest BCUT2D eigenvalue weighted by Crippen LogP contribution is 2.21. The summed E-state index contributed by atoms with van der Waals surface area (Å²) < 4.78 is 5.47. The molecule has 0 aliphatic carbocycles. The summed E-state index contributed by atoms with van der Waals surface area (Å²) in [6.07, 6.45) is 0. The molecule has 2 N–H and O–H groups in total. The van der Waals surface area contributed by atoms with E-state index in [2.05, 4.69) is 26.6 Å². The third-order valence-corrected chi connectivity index (χ3v) is 3.23. The molecule has 120 valence electrons. The summed E-state index contributed by atoms with van der Waals surface area (Å²) >= 11 is 9.08. The maximum absolute atomic E-state index is 11.8. The number of nitrogens with one attached hydrogen (secondary N) is 2. The van der Waals surface area contributed by atoms with Crippen molar-refractivity contribution in [2.45, 2.75) is 13.8 Å². The van der Waals surface area contributed by atoms with Crippen molar-refractivity contribution in [3.63, 3.8) is 0 Å². The molecule has 1 aromatic rings. The molecule has 0 aliphatic heterocycles. The molecule has 0 fully saturated rings. The zero-order chi connectivity index (χ0) is 16.7. The molecule has 0 heterocycles. The number of benzene rings is 1. The first-order valence-corrected chi connectivity index (χ1v) is 7.66. The van der Waals surface area contributed by atoms with Gasteiger partial charge in [-0.25, -0.2) is 9.59 Å². The number of urea groups is 1. The zero-order valence-corrected chi connectivity index (χ0v) is 14.5. The van der Waals surface area contributed by atoms with E-state index in [-0.39, 0.29) is 16.5 Å². The first-order valence-electron chi connectivity index (χ1n) is 6.49. The van der Waals surface area contributed by atoms with Crippen LogP contribution in [0, 0.1) is 5.92 Å². The number of carbonyl (C=O) groups is 3. The molecule has 0 saturated heterocycles. The van der Waals surface area contributed by atoms with Gasteiger partial charge >= 0.3 is 12.0 Å². The third-order valence-electron chi connectivity index (χ3n) is 2.41. The summed E-state index contributed by atoms with van der Waals surface area (Å²) in [5.74, 6) is -1.21. The van der Waals surface area contributed by atoms with Crippen molar-refractivity contribution in [1.29, 1.82) is 0 Å². The molecule has 8 heteroatoms. The van der Waals surface area contributed by atoms with E-state index in [1.54, 1.807) is 6.07 Å². The molecular formula is C14H16BrClN2O4. The van der Waals surface area contributed by atoms with Gasteiger partial charge in [-0.3, -0.25) is 10.1 Å². The molecule has 0 unspecified atom stereocenters. The Morgan fingerprint density at radius 2 is 2.00 bits per heavy atom. The third kappa shape index (κ3) is 6.44. The quantitative estimate of drug-likeness (QED) is 0.756. The van der Waals surface area contributed by atoms with Crippen LogP contribution in [0.4, 0.5) is 4.79 Å². The van der Waals surface area contributed by atoms with Gasteiger partial charge < -0.3 is 10.1 Å². The number of hydrogen-bond donors (Lipinski definition) is 2. The number of carbonyl (C=O) groups excluding carboxylic acids is 3. The number of esters is 1. The molecule has 0 radical (unpaired) electrons. The van der Waals surface area contributed by atoms with E-state index < -0.39 is 24.5 Å².